The quantitative estimate of drug-likeness (QED) is 0.563. The Balaban J connectivity index is 1.63. The molecular formula is C21H21BrClN3O4. The Morgan fingerprint density at radius 1 is 1.17 bits per heavy atom. The molecule has 3 rings (SSSR count). The molecule has 7 nitrogen and oxygen atoms in total. The van der Waals surface area contributed by atoms with Gasteiger partial charge in [0.05, 0.1) is 6.54 Å². The molecule has 30 heavy (non-hydrogen) atoms. The van der Waals surface area contributed by atoms with Crippen molar-refractivity contribution in [3.8, 4) is 0 Å². The lowest BCUT2D eigenvalue weighted by atomic mass is 10.1. The molecule has 2 aromatic carbocycles. The Morgan fingerprint density at radius 3 is 2.40 bits per heavy atom. The summed E-state index contributed by atoms with van der Waals surface area (Å²) in [6, 6.07) is 17.6. The van der Waals surface area contributed by atoms with E-state index in [0.717, 1.165) is 15.5 Å². The van der Waals surface area contributed by atoms with E-state index in [1.807, 2.05) is 60.7 Å². The molecule has 1 aliphatic heterocycles. The predicted molar refractivity (Wildman–Crippen MR) is 117 cm³/mol. The molecule has 1 unspecified atom stereocenters. The predicted octanol–water partition coefficient (Wildman–Crippen LogP) is 4.00. The van der Waals surface area contributed by atoms with E-state index in [4.69, 9.17) is 21.4 Å². The van der Waals surface area contributed by atoms with Crippen molar-refractivity contribution >= 4 is 44.3 Å². The van der Waals surface area contributed by atoms with Crippen LogP contribution < -0.4 is 5.32 Å². The van der Waals surface area contributed by atoms with Gasteiger partial charge in [0.25, 0.3) is 0 Å². The molecule has 1 aliphatic rings. The lowest BCUT2D eigenvalue weighted by molar-refractivity contribution is -0.125. The highest BCUT2D eigenvalue weighted by molar-refractivity contribution is 9.18. The molecular weight excluding hydrogens is 474 g/mol. The van der Waals surface area contributed by atoms with Gasteiger partial charge in [0, 0.05) is 24.6 Å². The van der Waals surface area contributed by atoms with Crippen LogP contribution in [0.2, 0.25) is 0 Å². The van der Waals surface area contributed by atoms with Crippen molar-refractivity contribution in [1.82, 2.24) is 9.74 Å². The van der Waals surface area contributed by atoms with Gasteiger partial charge in [-0.05, 0) is 27.1 Å². The molecule has 0 bridgehead atoms. The largest absolute Gasteiger partial charge is 0.444 e. The highest BCUT2D eigenvalue weighted by atomic mass is 79.9. The van der Waals surface area contributed by atoms with E-state index < -0.39 is 18.0 Å². The van der Waals surface area contributed by atoms with Crippen molar-refractivity contribution in [3.63, 3.8) is 0 Å². The highest BCUT2D eigenvalue weighted by Crippen LogP contribution is 2.16. The van der Waals surface area contributed by atoms with Crippen LogP contribution in [0.25, 0.3) is 0 Å². The number of carbonyl (C=O) groups is 2. The highest BCUT2D eigenvalue weighted by Gasteiger charge is 2.31. The average molecular weight is 495 g/mol. The van der Waals surface area contributed by atoms with Crippen LogP contribution >= 0.6 is 27.7 Å². The molecule has 0 aromatic heterocycles. The van der Waals surface area contributed by atoms with Crippen molar-refractivity contribution < 1.29 is 19.2 Å². The van der Waals surface area contributed by atoms with E-state index in [1.54, 1.807) is 0 Å². The van der Waals surface area contributed by atoms with Crippen LogP contribution in [0.1, 0.15) is 17.5 Å². The number of nitrogens with one attached hydrogen (secondary N) is 1. The van der Waals surface area contributed by atoms with Crippen LogP contribution in [-0.4, -0.2) is 39.7 Å². The zero-order valence-corrected chi connectivity index (χ0v) is 18.4. The summed E-state index contributed by atoms with van der Waals surface area (Å²) in [6.07, 6.45) is -0.260. The average Bonchev–Trinajstić information content (AvgIpc) is 3.20. The zero-order valence-electron chi connectivity index (χ0n) is 16.0. The van der Waals surface area contributed by atoms with Gasteiger partial charge in [-0.1, -0.05) is 65.8 Å². The Bertz CT molecular complexity index is 882. The molecule has 0 saturated heterocycles. The van der Waals surface area contributed by atoms with Gasteiger partial charge < -0.3 is 14.9 Å². The van der Waals surface area contributed by atoms with Gasteiger partial charge in [-0.25, -0.2) is 9.21 Å². The second-order valence-electron chi connectivity index (χ2n) is 6.70. The van der Waals surface area contributed by atoms with E-state index in [2.05, 4.69) is 26.4 Å². The summed E-state index contributed by atoms with van der Waals surface area (Å²) in [5.41, 5.74) is 1.69. The Labute approximate surface area is 188 Å². The smallest absolute Gasteiger partial charge is 0.425 e. The molecule has 0 radical (unpaired) electrons. The second kappa shape index (κ2) is 11.0. The summed E-state index contributed by atoms with van der Waals surface area (Å²) >= 11 is 9.52. The van der Waals surface area contributed by atoms with Crippen molar-refractivity contribution in [1.29, 1.82) is 0 Å². The summed E-state index contributed by atoms with van der Waals surface area (Å²) in [5.74, 6) is -0.405. The van der Waals surface area contributed by atoms with Crippen molar-refractivity contribution in [2.75, 3.05) is 6.54 Å². The van der Waals surface area contributed by atoms with E-state index in [-0.39, 0.29) is 25.7 Å². The van der Waals surface area contributed by atoms with Crippen molar-refractivity contribution in [3.05, 3.63) is 71.8 Å². The lowest BCUT2D eigenvalue weighted by Gasteiger charge is -2.24. The molecule has 1 N–H and O–H groups in total. The third-order valence-corrected chi connectivity index (χ3v) is 5.27. The summed E-state index contributed by atoms with van der Waals surface area (Å²) in [4.78, 5) is 30.6. The Kier molecular flexibility index (Phi) is 8.10. The molecule has 2 aromatic rings. The normalized spacial score (nSPS) is 16.2. The fourth-order valence-electron chi connectivity index (χ4n) is 2.86. The molecule has 0 fully saturated rings. The molecule has 1 heterocycles. The minimum Gasteiger partial charge on any atom is -0.444 e. The van der Waals surface area contributed by atoms with Gasteiger partial charge in [0.2, 0.25) is 5.91 Å². The Hall–Kier alpha value is -2.58. The number of nitrogens with zero attached hydrogens (tertiary/aromatic N) is 2. The molecule has 0 spiro atoms. The zero-order chi connectivity index (χ0) is 21.3. The third-order valence-electron chi connectivity index (χ3n) is 4.43. The lowest BCUT2D eigenvalue weighted by Crippen LogP contribution is -2.48. The Morgan fingerprint density at radius 2 is 1.80 bits per heavy atom. The molecule has 0 aliphatic carbocycles. The van der Waals surface area contributed by atoms with Gasteiger partial charge >= 0.3 is 6.09 Å². The summed E-state index contributed by atoms with van der Waals surface area (Å²) < 4.78 is 6.78. The molecule has 9 heteroatoms. The van der Waals surface area contributed by atoms with Crippen LogP contribution in [0.5, 0.6) is 0 Å². The molecule has 2 amide bonds. The number of benzene rings is 2. The maximum atomic E-state index is 12.9. The van der Waals surface area contributed by atoms with E-state index >= 15 is 0 Å². The number of oxime groups is 1. The van der Waals surface area contributed by atoms with Gasteiger partial charge in [0.15, 0.2) is 6.10 Å². The van der Waals surface area contributed by atoms with Gasteiger partial charge in [0.1, 0.15) is 17.3 Å². The first-order valence-electron chi connectivity index (χ1n) is 9.38. The van der Waals surface area contributed by atoms with Crippen LogP contribution in [0.15, 0.2) is 65.8 Å². The van der Waals surface area contributed by atoms with E-state index in [9.17, 15) is 9.59 Å². The van der Waals surface area contributed by atoms with Gasteiger partial charge in [-0.3, -0.25) is 4.79 Å². The minimum absolute atomic E-state index is 0.0594. The van der Waals surface area contributed by atoms with Gasteiger partial charge in [-0.2, -0.15) is 0 Å². The van der Waals surface area contributed by atoms with Crippen LogP contribution in [0.4, 0.5) is 4.79 Å². The van der Waals surface area contributed by atoms with E-state index in [0.29, 0.717) is 11.0 Å². The number of amides is 2. The summed E-state index contributed by atoms with van der Waals surface area (Å²) in [7, 11) is 0. The maximum absolute atomic E-state index is 12.9. The van der Waals surface area contributed by atoms with Crippen molar-refractivity contribution in [2.45, 2.75) is 31.6 Å². The number of ether oxygens (including phenoxy) is 1. The number of rotatable bonds is 8. The molecule has 2 atom stereocenters. The van der Waals surface area contributed by atoms with Crippen LogP contribution in [0, 0.1) is 0 Å². The fourth-order valence-corrected chi connectivity index (χ4v) is 3.51. The fraction of sp³-hybridized carbons (Fsp3) is 0.286. The number of carbonyl (C=O) groups excluding carboxylic acids is 2. The van der Waals surface area contributed by atoms with Crippen LogP contribution in [0.3, 0.4) is 0 Å². The number of halogens is 2. The minimum atomic E-state index is -0.955. The summed E-state index contributed by atoms with van der Waals surface area (Å²) in [6.45, 7) is 0.302. The monoisotopic (exact) mass is 493 g/mol. The number of hydrogen-bond acceptors (Lipinski definition) is 5. The topological polar surface area (TPSA) is 80.2 Å². The first-order chi connectivity index (χ1) is 14.5. The molecule has 158 valence electrons. The standard InChI is InChI=1S/C21H21BrClN3O4/c22-19-12-17(30-25-19)13-24-20(27)18(11-15-7-3-1-4-8-15)26(23)21(28)29-14-16-9-5-2-6-10-16/h1-10,17-18H,11-14H2,(H,24,27)/t17?,18-/m0/s1. The van der Waals surface area contributed by atoms with Crippen LogP contribution in [-0.2, 0) is 27.4 Å². The second-order valence-corrected chi connectivity index (χ2v) is 7.98. The SMILES string of the molecule is O=C(NCC1CC(Br)=NO1)[C@H](Cc1ccccc1)N(Cl)C(=O)OCc1ccccc1. The summed E-state index contributed by atoms with van der Waals surface area (Å²) in [5, 5.41) is 6.58. The first kappa shape index (κ1) is 22.1. The maximum Gasteiger partial charge on any atom is 0.425 e. The molecule has 0 saturated carbocycles. The van der Waals surface area contributed by atoms with Crippen molar-refractivity contribution in [2.24, 2.45) is 5.16 Å². The third kappa shape index (κ3) is 6.47. The first-order valence-corrected chi connectivity index (χ1v) is 10.5. The van der Waals surface area contributed by atoms with E-state index in [1.165, 1.54) is 0 Å². The number of hydrogen-bond donors (Lipinski definition) is 1. The van der Waals surface area contributed by atoms with Gasteiger partial charge in [-0.15, -0.1) is 0 Å².